The number of nitrogens with one attached hydrogen (secondary N) is 2. The molecule has 150 valence electrons. The molecule has 0 saturated carbocycles. The zero-order valence-electron chi connectivity index (χ0n) is 16.7. The lowest BCUT2D eigenvalue weighted by molar-refractivity contribution is 0.312. The van der Waals surface area contributed by atoms with E-state index < -0.39 is 0 Å². The van der Waals surface area contributed by atoms with Crippen LogP contribution in [0.25, 0.3) is 0 Å². The molecule has 0 unspecified atom stereocenters. The zero-order chi connectivity index (χ0) is 19.8. The SMILES string of the molecule is CN=C(NCCc1ccccc1Cl)NCc1ccnc(N2CCN(C)CC2)c1. The summed E-state index contributed by atoms with van der Waals surface area (Å²) in [6.07, 6.45) is 2.74. The second kappa shape index (κ2) is 10.3. The predicted molar refractivity (Wildman–Crippen MR) is 117 cm³/mol. The number of aromatic nitrogens is 1. The first-order valence-electron chi connectivity index (χ1n) is 9.72. The van der Waals surface area contributed by atoms with Crippen molar-refractivity contribution in [2.75, 3.05) is 51.7 Å². The van der Waals surface area contributed by atoms with Gasteiger partial charge in [-0.25, -0.2) is 4.98 Å². The van der Waals surface area contributed by atoms with Crippen LogP contribution in [0.2, 0.25) is 5.02 Å². The van der Waals surface area contributed by atoms with Gasteiger partial charge in [0.15, 0.2) is 5.96 Å². The summed E-state index contributed by atoms with van der Waals surface area (Å²) in [6.45, 7) is 5.66. The van der Waals surface area contributed by atoms with Crippen LogP contribution < -0.4 is 15.5 Å². The summed E-state index contributed by atoms with van der Waals surface area (Å²) in [5.74, 6) is 1.83. The second-order valence-electron chi connectivity index (χ2n) is 7.01. The minimum absolute atomic E-state index is 0.703. The van der Waals surface area contributed by atoms with Gasteiger partial charge in [0.05, 0.1) is 0 Å². The van der Waals surface area contributed by atoms with Gasteiger partial charge < -0.3 is 20.4 Å². The van der Waals surface area contributed by atoms with Crippen LogP contribution in [0.1, 0.15) is 11.1 Å². The van der Waals surface area contributed by atoms with Gasteiger partial charge in [0, 0.05) is 57.5 Å². The summed E-state index contributed by atoms with van der Waals surface area (Å²) in [5, 5.41) is 7.53. The average molecular weight is 401 g/mol. The number of guanidine groups is 1. The highest BCUT2D eigenvalue weighted by Crippen LogP contribution is 2.15. The van der Waals surface area contributed by atoms with Gasteiger partial charge in [0.2, 0.25) is 0 Å². The first kappa shape index (κ1) is 20.4. The Kier molecular flexibility index (Phi) is 7.51. The van der Waals surface area contributed by atoms with E-state index in [1.807, 2.05) is 30.5 Å². The van der Waals surface area contributed by atoms with Crippen molar-refractivity contribution < 1.29 is 0 Å². The van der Waals surface area contributed by atoms with Gasteiger partial charge in [-0.15, -0.1) is 0 Å². The van der Waals surface area contributed by atoms with Gasteiger partial charge in [-0.3, -0.25) is 4.99 Å². The van der Waals surface area contributed by atoms with Crippen LogP contribution in [0.4, 0.5) is 5.82 Å². The molecule has 1 fully saturated rings. The molecular weight excluding hydrogens is 372 g/mol. The van der Waals surface area contributed by atoms with Crippen LogP contribution >= 0.6 is 11.6 Å². The molecule has 2 heterocycles. The fourth-order valence-electron chi connectivity index (χ4n) is 3.20. The maximum absolute atomic E-state index is 6.22. The summed E-state index contributed by atoms with van der Waals surface area (Å²) in [7, 11) is 3.95. The molecule has 2 N–H and O–H groups in total. The first-order chi connectivity index (χ1) is 13.7. The fraction of sp³-hybridized carbons (Fsp3) is 0.429. The first-order valence-corrected chi connectivity index (χ1v) is 10.1. The Morgan fingerprint density at radius 1 is 1.14 bits per heavy atom. The number of pyridine rings is 1. The molecule has 7 heteroatoms. The summed E-state index contributed by atoms with van der Waals surface area (Å²) < 4.78 is 0. The molecule has 0 bridgehead atoms. The minimum Gasteiger partial charge on any atom is -0.356 e. The normalized spacial score (nSPS) is 15.5. The maximum Gasteiger partial charge on any atom is 0.191 e. The summed E-state index contributed by atoms with van der Waals surface area (Å²) in [5.41, 5.74) is 2.33. The third kappa shape index (κ3) is 5.84. The van der Waals surface area contributed by atoms with E-state index in [9.17, 15) is 0 Å². The lowest BCUT2D eigenvalue weighted by atomic mass is 10.1. The Morgan fingerprint density at radius 2 is 1.93 bits per heavy atom. The highest BCUT2D eigenvalue weighted by molar-refractivity contribution is 6.31. The lowest BCUT2D eigenvalue weighted by Gasteiger charge is -2.33. The average Bonchev–Trinajstić information content (AvgIpc) is 2.72. The number of hydrogen-bond acceptors (Lipinski definition) is 4. The van der Waals surface area contributed by atoms with Gasteiger partial charge in [-0.2, -0.15) is 0 Å². The number of benzene rings is 1. The Bertz CT molecular complexity index is 786. The molecule has 1 aromatic heterocycles. The molecule has 1 aromatic carbocycles. The van der Waals surface area contributed by atoms with Crippen molar-refractivity contribution in [1.82, 2.24) is 20.5 Å². The van der Waals surface area contributed by atoms with Gasteiger partial charge in [-0.05, 0) is 42.8 Å². The summed E-state index contributed by atoms with van der Waals surface area (Å²) in [4.78, 5) is 13.6. The van der Waals surface area contributed by atoms with E-state index in [4.69, 9.17) is 11.6 Å². The molecule has 2 aromatic rings. The molecule has 0 spiro atoms. The van der Waals surface area contributed by atoms with E-state index in [2.05, 4.69) is 49.6 Å². The highest BCUT2D eigenvalue weighted by atomic mass is 35.5. The molecule has 6 nitrogen and oxygen atoms in total. The number of anilines is 1. The smallest absolute Gasteiger partial charge is 0.191 e. The van der Waals surface area contributed by atoms with E-state index in [1.54, 1.807) is 7.05 Å². The minimum atomic E-state index is 0.703. The number of hydrogen-bond donors (Lipinski definition) is 2. The van der Waals surface area contributed by atoms with Crippen molar-refractivity contribution in [1.29, 1.82) is 0 Å². The van der Waals surface area contributed by atoms with Gasteiger partial charge >= 0.3 is 0 Å². The quantitative estimate of drug-likeness (QED) is 0.576. The summed E-state index contributed by atoms with van der Waals surface area (Å²) >= 11 is 6.22. The molecule has 3 rings (SSSR count). The topological polar surface area (TPSA) is 55.8 Å². The fourth-order valence-corrected chi connectivity index (χ4v) is 3.43. The van der Waals surface area contributed by atoms with Crippen LogP contribution in [0.15, 0.2) is 47.6 Å². The molecule has 0 atom stereocenters. The van der Waals surface area contributed by atoms with E-state index in [0.717, 1.165) is 61.5 Å². The van der Waals surface area contributed by atoms with Crippen molar-refractivity contribution in [3.05, 3.63) is 58.7 Å². The van der Waals surface area contributed by atoms with Crippen molar-refractivity contribution in [3.63, 3.8) is 0 Å². The van der Waals surface area contributed by atoms with E-state index in [-0.39, 0.29) is 0 Å². The van der Waals surface area contributed by atoms with Crippen molar-refractivity contribution in [3.8, 4) is 0 Å². The molecule has 0 radical (unpaired) electrons. The number of piperazine rings is 1. The number of likely N-dealkylation sites (N-methyl/N-ethyl adjacent to an activating group) is 1. The highest BCUT2D eigenvalue weighted by Gasteiger charge is 2.15. The monoisotopic (exact) mass is 400 g/mol. The van der Waals surface area contributed by atoms with Gasteiger partial charge in [0.25, 0.3) is 0 Å². The standard InChI is InChI=1S/C21H29ClN6/c1-23-21(25-10-8-18-5-3-4-6-19(18)22)26-16-17-7-9-24-20(15-17)28-13-11-27(2)12-14-28/h3-7,9,15H,8,10-14,16H2,1-2H3,(H2,23,25,26). The van der Waals surface area contributed by atoms with Crippen LogP contribution in [-0.2, 0) is 13.0 Å². The van der Waals surface area contributed by atoms with Crippen LogP contribution in [0, 0.1) is 0 Å². The van der Waals surface area contributed by atoms with Crippen molar-refractivity contribution >= 4 is 23.4 Å². The molecular formula is C21H29ClN6. The van der Waals surface area contributed by atoms with Crippen LogP contribution in [0.5, 0.6) is 0 Å². The van der Waals surface area contributed by atoms with E-state index >= 15 is 0 Å². The number of nitrogens with zero attached hydrogens (tertiary/aromatic N) is 4. The zero-order valence-corrected chi connectivity index (χ0v) is 17.4. The van der Waals surface area contributed by atoms with Gasteiger partial charge in [0.1, 0.15) is 5.82 Å². The molecule has 0 aliphatic carbocycles. The Morgan fingerprint density at radius 3 is 2.68 bits per heavy atom. The van der Waals surface area contributed by atoms with Crippen LogP contribution in [-0.4, -0.2) is 62.7 Å². The lowest BCUT2D eigenvalue weighted by Crippen LogP contribution is -2.44. The van der Waals surface area contributed by atoms with Gasteiger partial charge in [-0.1, -0.05) is 29.8 Å². The molecule has 28 heavy (non-hydrogen) atoms. The third-order valence-corrected chi connectivity index (χ3v) is 5.33. The summed E-state index contributed by atoms with van der Waals surface area (Å²) in [6, 6.07) is 12.1. The maximum atomic E-state index is 6.22. The van der Waals surface area contributed by atoms with Crippen molar-refractivity contribution in [2.45, 2.75) is 13.0 Å². The van der Waals surface area contributed by atoms with Crippen molar-refractivity contribution in [2.24, 2.45) is 4.99 Å². The number of aliphatic imine (C=N–C) groups is 1. The molecule has 1 saturated heterocycles. The number of rotatable bonds is 6. The predicted octanol–water partition coefficient (Wildman–Crippen LogP) is 2.39. The number of halogens is 1. The third-order valence-electron chi connectivity index (χ3n) is 4.97. The molecule has 0 amide bonds. The molecule has 1 aliphatic rings. The van der Waals surface area contributed by atoms with Crippen LogP contribution in [0.3, 0.4) is 0 Å². The Hall–Kier alpha value is -2.31. The Balaban J connectivity index is 1.48. The van der Waals surface area contributed by atoms with E-state index in [0.29, 0.717) is 6.54 Å². The van der Waals surface area contributed by atoms with E-state index in [1.165, 1.54) is 5.56 Å². The second-order valence-corrected chi connectivity index (χ2v) is 7.41. The molecule has 1 aliphatic heterocycles. The largest absolute Gasteiger partial charge is 0.356 e. The Labute approximate surface area is 172 Å².